The Morgan fingerprint density at radius 1 is 1.31 bits per heavy atom. The Morgan fingerprint density at radius 2 is 1.88 bits per heavy atom. The van der Waals surface area contributed by atoms with E-state index in [0.717, 1.165) is 6.07 Å². The fourth-order valence-electron chi connectivity index (χ4n) is 0.845. The van der Waals surface area contributed by atoms with E-state index in [9.17, 15) is 13.6 Å². The van der Waals surface area contributed by atoms with Gasteiger partial charge in [-0.05, 0) is 12.1 Å². The first-order valence-electron chi connectivity index (χ1n) is 3.99. The van der Waals surface area contributed by atoms with Crippen LogP contribution in [0, 0.1) is 0 Å². The van der Waals surface area contributed by atoms with Crippen LogP contribution in [0.5, 0.6) is 0 Å². The van der Waals surface area contributed by atoms with Crippen molar-refractivity contribution in [2.75, 3.05) is 0 Å². The van der Waals surface area contributed by atoms with E-state index < -0.39 is 17.5 Å². The van der Waals surface area contributed by atoms with E-state index in [1.54, 1.807) is 20.1 Å². The Morgan fingerprint density at radius 3 is 2.19 bits per heavy atom. The minimum atomic E-state index is -2.64. The van der Waals surface area contributed by atoms with Crippen LogP contribution in [0.25, 0.3) is 0 Å². The molecule has 0 amide bonds. The van der Waals surface area contributed by atoms with Gasteiger partial charge >= 0.3 is 29.6 Å². The van der Waals surface area contributed by atoms with Crippen LogP contribution in [0.15, 0.2) is 12.1 Å². The Bertz CT molecular complexity index is 331. The van der Waals surface area contributed by atoms with Crippen molar-refractivity contribution < 1.29 is 48.6 Å². The van der Waals surface area contributed by atoms with Crippen LogP contribution in [0.1, 0.15) is 31.7 Å². The van der Waals surface area contributed by atoms with Crippen molar-refractivity contribution in [2.45, 2.75) is 25.7 Å². The average Bonchev–Trinajstić information content (AvgIpc) is 2.18. The third kappa shape index (κ3) is 4.21. The maximum Gasteiger partial charge on any atom is 1.00 e. The van der Waals surface area contributed by atoms with Crippen molar-refractivity contribution in [3.05, 3.63) is 23.5 Å². The standard InChI is InChI=1S/C9H9F2N2O.Na.H2O/c1-9(2,5-14)7-4-3-6(8(10)11)12-13-7;;/h3-4,8H,1-2H3;;1H2/q-1;+1;/p-1. The van der Waals surface area contributed by atoms with Crippen LogP contribution in [0.2, 0.25) is 0 Å². The molecule has 0 spiro atoms. The number of alkyl halides is 2. The zero-order chi connectivity index (χ0) is 10.8. The van der Waals surface area contributed by atoms with E-state index in [1.165, 1.54) is 6.07 Å². The molecule has 0 aliphatic rings. The normalized spacial score (nSPS) is 10.3. The van der Waals surface area contributed by atoms with E-state index in [2.05, 4.69) is 10.2 Å². The molecule has 0 radical (unpaired) electrons. The molecular formula is C9H10F2N2NaO2-. The molecule has 0 atom stereocenters. The third-order valence-electron chi connectivity index (χ3n) is 1.80. The molecule has 1 N–H and O–H groups in total. The number of hydrogen-bond acceptors (Lipinski definition) is 4. The van der Waals surface area contributed by atoms with E-state index in [4.69, 9.17) is 0 Å². The largest absolute Gasteiger partial charge is 1.00 e. The summed E-state index contributed by atoms with van der Waals surface area (Å²) < 4.78 is 24.2. The van der Waals surface area contributed by atoms with Gasteiger partial charge in [0.05, 0.1) is 0 Å². The van der Waals surface area contributed by atoms with E-state index in [0.29, 0.717) is 5.69 Å². The summed E-state index contributed by atoms with van der Waals surface area (Å²) in [5.74, 6) is 0. The van der Waals surface area contributed by atoms with Crippen LogP contribution in [0.3, 0.4) is 0 Å². The van der Waals surface area contributed by atoms with Crippen molar-refractivity contribution >= 4 is 6.29 Å². The number of hydrogen-bond donors (Lipinski definition) is 0. The molecule has 0 aliphatic carbocycles. The molecular weight excluding hydrogens is 229 g/mol. The van der Waals surface area contributed by atoms with Crippen LogP contribution in [-0.4, -0.2) is 22.0 Å². The summed E-state index contributed by atoms with van der Waals surface area (Å²) in [5.41, 5.74) is -0.972. The van der Waals surface area contributed by atoms with Gasteiger partial charge in [0, 0.05) is 5.69 Å². The molecule has 1 rings (SSSR count). The van der Waals surface area contributed by atoms with Crippen LogP contribution in [0.4, 0.5) is 8.78 Å². The number of aromatic nitrogens is 2. The maximum absolute atomic E-state index is 12.1. The summed E-state index contributed by atoms with van der Waals surface area (Å²) in [5, 5.41) is 6.86. The van der Waals surface area contributed by atoms with Crippen molar-refractivity contribution in [1.82, 2.24) is 10.2 Å². The topological polar surface area (TPSA) is 72.8 Å². The van der Waals surface area contributed by atoms with Crippen LogP contribution < -0.4 is 29.6 Å². The molecule has 0 saturated heterocycles. The summed E-state index contributed by atoms with van der Waals surface area (Å²) in [6.45, 7) is 3.18. The summed E-state index contributed by atoms with van der Waals surface area (Å²) >= 11 is 0. The molecule has 1 heterocycles. The predicted molar refractivity (Wildman–Crippen MR) is 47.6 cm³/mol. The molecule has 4 nitrogen and oxygen atoms in total. The average molecular weight is 239 g/mol. The molecule has 0 aliphatic heterocycles. The fraction of sp³-hybridized carbons (Fsp3) is 0.444. The van der Waals surface area contributed by atoms with Gasteiger partial charge in [-0.2, -0.15) is 5.10 Å². The number of rotatable bonds is 3. The molecule has 0 saturated carbocycles. The molecule has 1 aromatic rings. The minimum Gasteiger partial charge on any atom is -0.870 e. The summed E-state index contributed by atoms with van der Waals surface area (Å²) in [6, 6.07) is 2.52. The Hall–Kier alpha value is -0.430. The number of carbonyl (C=O) groups excluding carboxylic acids is 1. The molecule has 0 aromatic carbocycles. The van der Waals surface area contributed by atoms with Gasteiger partial charge < -0.3 is 10.3 Å². The van der Waals surface area contributed by atoms with Gasteiger partial charge in [-0.3, -0.25) is 6.29 Å². The molecule has 0 fully saturated rings. The zero-order valence-corrected chi connectivity index (χ0v) is 11.2. The first-order chi connectivity index (χ1) is 6.47. The Balaban J connectivity index is 0. The van der Waals surface area contributed by atoms with Crippen molar-refractivity contribution in [1.29, 1.82) is 0 Å². The SMILES string of the molecule is CC(C)([C-]=O)c1ccc(C(F)F)nn1.[Na+].[OH-]. The Labute approximate surface area is 114 Å². The van der Waals surface area contributed by atoms with E-state index in [1.807, 2.05) is 0 Å². The molecule has 84 valence electrons. The van der Waals surface area contributed by atoms with E-state index in [-0.39, 0.29) is 35.0 Å². The van der Waals surface area contributed by atoms with Gasteiger partial charge in [-0.15, -0.1) is 5.10 Å². The van der Waals surface area contributed by atoms with E-state index >= 15 is 0 Å². The second-order valence-electron chi connectivity index (χ2n) is 3.37. The molecule has 1 aromatic heterocycles. The molecule has 0 bridgehead atoms. The fourth-order valence-corrected chi connectivity index (χ4v) is 0.845. The van der Waals surface area contributed by atoms with Gasteiger partial charge in [0.2, 0.25) is 0 Å². The molecule has 7 heteroatoms. The minimum absolute atomic E-state index is 0. The van der Waals surface area contributed by atoms with Crippen LogP contribution >= 0.6 is 0 Å². The molecule has 0 unspecified atom stereocenters. The number of halogens is 2. The van der Waals surface area contributed by atoms with Gasteiger partial charge in [0.25, 0.3) is 6.43 Å². The van der Waals surface area contributed by atoms with Gasteiger partial charge in [0.1, 0.15) is 5.69 Å². The second kappa shape index (κ2) is 7.01. The summed E-state index contributed by atoms with van der Waals surface area (Å²) in [6.07, 6.45) is -0.873. The van der Waals surface area contributed by atoms with Crippen LogP contribution in [-0.2, 0) is 10.2 Å². The van der Waals surface area contributed by atoms with Gasteiger partial charge in [0.15, 0.2) is 0 Å². The predicted octanol–water partition coefficient (Wildman–Crippen LogP) is -1.37. The van der Waals surface area contributed by atoms with Gasteiger partial charge in [-0.25, -0.2) is 8.78 Å². The second-order valence-corrected chi connectivity index (χ2v) is 3.37. The van der Waals surface area contributed by atoms with Crippen molar-refractivity contribution in [2.24, 2.45) is 0 Å². The van der Waals surface area contributed by atoms with Crippen molar-refractivity contribution in [3.8, 4) is 0 Å². The Kier molecular flexibility index (Phi) is 7.86. The first kappa shape index (κ1) is 17.9. The zero-order valence-electron chi connectivity index (χ0n) is 9.24. The number of nitrogens with zero attached hydrogens (tertiary/aromatic N) is 2. The molecule has 16 heavy (non-hydrogen) atoms. The summed E-state index contributed by atoms with van der Waals surface area (Å²) in [7, 11) is 0. The first-order valence-corrected chi connectivity index (χ1v) is 3.99. The van der Waals surface area contributed by atoms with Gasteiger partial charge in [-0.1, -0.05) is 19.3 Å². The summed E-state index contributed by atoms with van der Waals surface area (Å²) in [4.78, 5) is 10.5. The monoisotopic (exact) mass is 239 g/mol. The third-order valence-corrected chi connectivity index (χ3v) is 1.80. The quantitative estimate of drug-likeness (QED) is 0.482. The maximum atomic E-state index is 12.1. The van der Waals surface area contributed by atoms with Crippen molar-refractivity contribution in [3.63, 3.8) is 0 Å². The smallest absolute Gasteiger partial charge is 0.870 e.